The Hall–Kier alpha value is -1.34. The van der Waals surface area contributed by atoms with Crippen molar-refractivity contribution in [3.05, 3.63) is 62.1 Å². The zero-order valence-electron chi connectivity index (χ0n) is 12.5. The highest BCUT2D eigenvalue weighted by molar-refractivity contribution is 9.10. The van der Waals surface area contributed by atoms with Gasteiger partial charge in [-0.1, -0.05) is 51.3 Å². The van der Waals surface area contributed by atoms with E-state index < -0.39 is 0 Å². The highest BCUT2D eigenvalue weighted by Gasteiger charge is 2.19. The van der Waals surface area contributed by atoms with Crippen LogP contribution < -0.4 is 0 Å². The first kappa shape index (κ1) is 13.6. The highest BCUT2D eigenvalue weighted by Crippen LogP contribution is 2.40. The Morgan fingerprint density at radius 1 is 0.950 bits per heavy atom. The minimum Gasteiger partial charge on any atom is -0.0682 e. The zero-order valence-corrected chi connectivity index (χ0v) is 14.1. The maximum absolute atomic E-state index is 3.70. The number of allylic oxidation sites excluding steroid dienone is 1. The summed E-state index contributed by atoms with van der Waals surface area (Å²) >= 11 is 3.70. The van der Waals surface area contributed by atoms with E-state index in [1.165, 1.54) is 49.0 Å². The molecular weight excluding hydrogens is 308 g/mol. The third-order valence-corrected chi connectivity index (χ3v) is 4.84. The molecule has 0 N–H and O–H groups in total. The molecule has 0 amide bonds. The SMILES string of the molecule is CC1=Cc2c(-c3c(C)cc(C)cc3C)ccc(Br)c2C1. The van der Waals surface area contributed by atoms with Crippen LogP contribution in [0.25, 0.3) is 17.2 Å². The molecule has 0 atom stereocenters. The Kier molecular flexibility index (Phi) is 3.33. The van der Waals surface area contributed by atoms with Crippen LogP contribution in [0.4, 0.5) is 0 Å². The van der Waals surface area contributed by atoms with Gasteiger partial charge >= 0.3 is 0 Å². The van der Waals surface area contributed by atoms with E-state index in [1.54, 1.807) is 0 Å². The van der Waals surface area contributed by atoms with E-state index in [0.717, 1.165) is 6.42 Å². The lowest BCUT2D eigenvalue weighted by Crippen LogP contribution is -1.94. The number of hydrogen-bond donors (Lipinski definition) is 0. The van der Waals surface area contributed by atoms with Crippen LogP contribution >= 0.6 is 15.9 Å². The van der Waals surface area contributed by atoms with Crippen molar-refractivity contribution in [3.63, 3.8) is 0 Å². The van der Waals surface area contributed by atoms with Gasteiger partial charge < -0.3 is 0 Å². The van der Waals surface area contributed by atoms with Gasteiger partial charge in [0, 0.05) is 4.47 Å². The molecule has 0 saturated heterocycles. The minimum absolute atomic E-state index is 1.06. The van der Waals surface area contributed by atoms with Gasteiger partial charge in [0.15, 0.2) is 0 Å². The third-order valence-electron chi connectivity index (χ3n) is 4.09. The molecule has 0 radical (unpaired) electrons. The molecule has 0 aliphatic heterocycles. The van der Waals surface area contributed by atoms with Crippen molar-refractivity contribution in [2.45, 2.75) is 34.1 Å². The molecule has 1 aliphatic rings. The van der Waals surface area contributed by atoms with Crippen LogP contribution in [0.15, 0.2) is 34.3 Å². The summed E-state index contributed by atoms with van der Waals surface area (Å²) in [5.74, 6) is 0. The topological polar surface area (TPSA) is 0 Å². The first-order valence-electron chi connectivity index (χ1n) is 7.04. The lowest BCUT2D eigenvalue weighted by molar-refractivity contribution is 1.18. The monoisotopic (exact) mass is 326 g/mol. The zero-order chi connectivity index (χ0) is 14.4. The van der Waals surface area contributed by atoms with Gasteiger partial charge in [-0.25, -0.2) is 0 Å². The summed E-state index contributed by atoms with van der Waals surface area (Å²) in [4.78, 5) is 0. The van der Waals surface area contributed by atoms with Crippen LogP contribution in [0.1, 0.15) is 34.7 Å². The molecular formula is C19H19Br. The van der Waals surface area contributed by atoms with Gasteiger partial charge in [0.25, 0.3) is 0 Å². The number of rotatable bonds is 1. The maximum Gasteiger partial charge on any atom is 0.0216 e. The van der Waals surface area contributed by atoms with Gasteiger partial charge in [-0.15, -0.1) is 0 Å². The third kappa shape index (κ3) is 2.14. The summed E-state index contributed by atoms with van der Waals surface area (Å²) in [7, 11) is 0. The lowest BCUT2D eigenvalue weighted by Gasteiger charge is -2.15. The predicted octanol–water partition coefficient (Wildman–Crippen LogP) is 6.00. The molecule has 0 bridgehead atoms. The van der Waals surface area contributed by atoms with Gasteiger partial charge in [0.2, 0.25) is 0 Å². The van der Waals surface area contributed by atoms with E-state index in [0.29, 0.717) is 0 Å². The Balaban J connectivity index is 2.30. The second-order valence-corrected chi connectivity index (χ2v) is 6.78. The van der Waals surface area contributed by atoms with Crippen molar-refractivity contribution in [2.24, 2.45) is 0 Å². The summed E-state index contributed by atoms with van der Waals surface area (Å²) in [6.45, 7) is 8.81. The smallest absolute Gasteiger partial charge is 0.0216 e. The number of fused-ring (bicyclic) bond motifs is 1. The van der Waals surface area contributed by atoms with Crippen molar-refractivity contribution in [1.29, 1.82) is 0 Å². The Morgan fingerprint density at radius 3 is 2.25 bits per heavy atom. The number of benzene rings is 2. The average Bonchev–Trinajstić information content (AvgIpc) is 2.73. The molecule has 2 aromatic carbocycles. The standard InChI is InChI=1S/C19H19Br/c1-11-7-13(3)19(14(4)8-11)15-5-6-18(20)17-10-12(2)9-16(15)17/h5-9H,10H2,1-4H3. The molecule has 1 aliphatic carbocycles. The van der Waals surface area contributed by atoms with Crippen LogP contribution in [-0.4, -0.2) is 0 Å². The van der Waals surface area contributed by atoms with Gasteiger partial charge in [-0.2, -0.15) is 0 Å². The van der Waals surface area contributed by atoms with E-state index in [-0.39, 0.29) is 0 Å². The summed E-state index contributed by atoms with van der Waals surface area (Å²) in [6, 6.07) is 9.01. The molecule has 0 heterocycles. The molecule has 3 rings (SSSR count). The molecule has 0 unspecified atom stereocenters. The van der Waals surface area contributed by atoms with E-state index in [1.807, 2.05) is 0 Å². The van der Waals surface area contributed by atoms with Crippen molar-refractivity contribution in [1.82, 2.24) is 0 Å². The molecule has 0 spiro atoms. The van der Waals surface area contributed by atoms with Crippen LogP contribution in [0.3, 0.4) is 0 Å². The lowest BCUT2D eigenvalue weighted by atomic mass is 9.90. The first-order valence-corrected chi connectivity index (χ1v) is 7.83. The van der Waals surface area contributed by atoms with Crippen molar-refractivity contribution in [3.8, 4) is 11.1 Å². The van der Waals surface area contributed by atoms with Crippen LogP contribution in [-0.2, 0) is 6.42 Å². The Labute approximate surface area is 129 Å². The van der Waals surface area contributed by atoms with E-state index in [9.17, 15) is 0 Å². The van der Waals surface area contributed by atoms with Crippen LogP contribution in [0.5, 0.6) is 0 Å². The van der Waals surface area contributed by atoms with Crippen molar-refractivity contribution in [2.75, 3.05) is 0 Å². The summed E-state index contributed by atoms with van der Waals surface area (Å²) in [5, 5.41) is 0. The fraction of sp³-hybridized carbons (Fsp3) is 0.263. The fourth-order valence-corrected chi connectivity index (χ4v) is 3.87. The summed E-state index contributed by atoms with van der Waals surface area (Å²) in [5.41, 5.74) is 11.1. The summed E-state index contributed by atoms with van der Waals surface area (Å²) < 4.78 is 1.23. The number of halogens is 1. The van der Waals surface area contributed by atoms with Gasteiger partial charge in [0.05, 0.1) is 0 Å². The van der Waals surface area contributed by atoms with Crippen molar-refractivity contribution >= 4 is 22.0 Å². The van der Waals surface area contributed by atoms with Crippen molar-refractivity contribution < 1.29 is 0 Å². The first-order chi connectivity index (χ1) is 9.47. The van der Waals surface area contributed by atoms with E-state index in [2.05, 4.69) is 74.0 Å². The number of aryl methyl sites for hydroxylation is 3. The molecule has 1 heteroatoms. The second kappa shape index (κ2) is 4.89. The molecule has 2 aromatic rings. The van der Waals surface area contributed by atoms with Gasteiger partial charge in [0.1, 0.15) is 0 Å². The van der Waals surface area contributed by atoms with E-state index in [4.69, 9.17) is 0 Å². The normalized spacial score (nSPS) is 13.3. The maximum atomic E-state index is 3.70. The molecule has 102 valence electrons. The van der Waals surface area contributed by atoms with Gasteiger partial charge in [-0.3, -0.25) is 0 Å². The molecule has 0 aromatic heterocycles. The predicted molar refractivity (Wildman–Crippen MR) is 91.1 cm³/mol. The van der Waals surface area contributed by atoms with Gasteiger partial charge in [-0.05, 0) is 73.6 Å². The van der Waals surface area contributed by atoms with Crippen LogP contribution in [0, 0.1) is 20.8 Å². The summed E-state index contributed by atoms with van der Waals surface area (Å²) in [6.07, 6.45) is 3.40. The molecule has 0 nitrogen and oxygen atoms in total. The molecule has 20 heavy (non-hydrogen) atoms. The molecule has 0 fully saturated rings. The minimum atomic E-state index is 1.06. The fourth-order valence-electron chi connectivity index (χ4n) is 3.38. The Bertz CT molecular complexity index is 713. The molecule has 0 saturated carbocycles. The largest absolute Gasteiger partial charge is 0.0682 e. The quantitative estimate of drug-likeness (QED) is 0.602. The Morgan fingerprint density at radius 2 is 1.60 bits per heavy atom. The highest BCUT2D eigenvalue weighted by atomic mass is 79.9. The average molecular weight is 327 g/mol. The van der Waals surface area contributed by atoms with Crippen LogP contribution in [0.2, 0.25) is 0 Å². The second-order valence-electron chi connectivity index (χ2n) is 5.93. The number of hydrogen-bond acceptors (Lipinski definition) is 0. The van der Waals surface area contributed by atoms with E-state index >= 15 is 0 Å².